The minimum Gasteiger partial charge on any atom is -0.478 e. The van der Waals surface area contributed by atoms with E-state index in [1.807, 2.05) is 0 Å². The first-order valence-corrected chi connectivity index (χ1v) is 5.59. The van der Waals surface area contributed by atoms with Gasteiger partial charge < -0.3 is 14.8 Å². The lowest BCUT2D eigenvalue weighted by atomic mass is 10.1. The summed E-state index contributed by atoms with van der Waals surface area (Å²) in [5, 5.41) is 11.4. The van der Waals surface area contributed by atoms with Crippen LogP contribution >= 0.6 is 0 Å². The Morgan fingerprint density at radius 1 is 1.26 bits per heavy atom. The molecule has 2 aromatic rings. The van der Waals surface area contributed by atoms with Crippen LogP contribution in [0, 0.1) is 6.92 Å². The highest BCUT2D eigenvalue weighted by molar-refractivity contribution is 5.95. The molecular formula is C13H12N2O4. The molecule has 0 aliphatic rings. The second-order valence-electron chi connectivity index (χ2n) is 3.93. The molecule has 98 valence electrons. The Morgan fingerprint density at radius 2 is 1.89 bits per heavy atom. The summed E-state index contributed by atoms with van der Waals surface area (Å²) in [6, 6.07) is 5.68. The molecular weight excluding hydrogens is 248 g/mol. The normalized spacial score (nSPS) is 10.2. The number of amides is 1. The highest BCUT2D eigenvalue weighted by atomic mass is 16.4. The quantitative estimate of drug-likeness (QED) is 0.871. The summed E-state index contributed by atoms with van der Waals surface area (Å²) in [5.74, 6) is -0.238. The van der Waals surface area contributed by atoms with E-state index in [0.29, 0.717) is 17.2 Å². The largest absolute Gasteiger partial charge is 0.478 e. The molecule has 6 heteroatoms. The molecule has 0 unspecified atom stereocenters. The number of benzene rings is 1. The smallest absolute Gasteiger partial charge is 0.335 e. The van der Waals surface area contributed by atoms with Crippen molar-refractivity contribution in [1.82, 2.24) is 10.3 Å². The van der Waals surface area contributed by atoms with E-state index in [-0.39, 0.29) is 18.0 Å². The number of nitrogens with one attached hydrogen (secondary N) is 1. The Balaban J connectivity index is 1.98. The van der Waals surface area contributed by atoms with Crippen molar-refractivity contribution in [3.05, 3.63) is 53.2 Å². The molecule has 1 aromatic carbocycles. The molecule has 0 spiro atoms. The number of rotatable bonds is 4. The van der Waals surface area contributed by atoms with Crippen molar-refractivity contribution in [2.75, 3.05) is 0 Å². The van der Waals surface area contributed by atoms with Crippen molar-refractivity contribution < 1.29 is 19.1 Å². The van der Waals surface area contributed by atoms with Gasteiger partial charge in [0, 0.05) is 5.56 Å². The molecule has 0 radical (unpaired) electrons. The van der Waals surface area contributed by atoms with Crippen LogP contribution < -0.4 is 5.32 Å². The maximum atomic E-state index is 11.8. The molecule has 2 N–H and O–H groups in total. The van der Waals surface area contributed by atoms with Gasteiger partial charge in [0.05, 0.1) is 18.3 Å². The lowest BCUT2D eigenvalue weighted by Crippen LogP contribution is -2.22. The average Bonchev–Trinajstić information content (AvgIpc) is 2.82. The number of aromatic carboxylic acids is 1. The van der Waals surface area contributed by atoms with Crippen LogP contribution in [0.4, 0.5) is 0 Å². The molecule has 2 rings (SSSR count). The van der Waals surface area contributed by atoms with Crippen molar-refractivity contribution >= 4 is 11.9 Å². The topological polar surface area (TPSA) is 92.4 Å². The Labute approximate surface area is 109 Å². The SMILES string of the molecule is Cc1cnc(CNC(=O)c2ccc(C(=O)O)cc2)o1. The highest BCUT2D eigenvalue weighted by Gasteiger charge is 2.09. The molecule has 0 bridgehead atoms. The number of aryl methyl sites for hydroxylation is 1. The van der Waals surface area contributed by atoms with E-state index in [0.717, 1.165) is 0 Å². The van der Waals surface area contributed by atoms with E-state index in [4.69, 9.17) is 9.52 Å². The van der Waals surface area contributed by atoms with Gasteiger partial charge >= 0.3 is 5.97 Å². The number of carboxylic acids is 1. The van der Waals surface area contributed by atoms with Crippen LogP contribution in [-0.2, 0) is 6.54 Å². The first-order chi connectivity index (χ1) is 9.06. The Kier molecular flexibility index (Phi) is 3.61. The second kappa shape index (κ2) is 5.34. The van der Waals surface area contributed by atoms with Crippen molar-refractivity contribution in [2.24, 2.45) is 0 Å². The Hall–Kier alpha value is -2.63. The first kappa shape index (κ1) is 12.8. The fourth-order valence-corrected chi connectivity index (χ4v) is 1.51. The van der Waals surface area contributed by atoms with Gasteiger partial charge in [-0.1, -0.05) is 0 Å². The summed E-state index contributed by atoms with van der Waals surface area (Å²) in [6.45, 7) is 1.95. The Morgan fingerprint density at radius 3 is 2.42 bits per heavy atom. The van der Waals surface area contributed by atoms with Crippen LogP contribution in [0.1, 0.15) is 32.4 Å². The van der Waals surface area contributed by atoms with Crippen LogP contribution in [0.3, 0.4) is 0 Å². The van der Waals surface area contributed by atoms with Crippen molar-refractivity contribution in [2.45, 2.75) is 13.5 Å². The molecule has 1 aromatic heterocycles. The minimum absolute atomic E-state index is 0.139. The summed E-state index contributed by atoms with van der Waals surface area (Å²) < 4.78 is 5.22. The number of nitrogens with zero attached hydrogens (tertiary/aromatic N) is 1. The molecule has 0 aliphatic carbocycles. The number of hydrogen-bond donors (Lipinski definition) is 2. The fourth-order valence-electron chi connectivity index (χ4n) is 1.51. The maximum absolute atomic E-state index is 11.8. The number of carbonyl (C=O) groups excluding carboxylic acids is 1. The van der Waals surface area contributed by atoms with E-state index in [1.165, 1.54) is 24.3 Å². The van der Waals surface area contributed by atoms with Gasteiger partial charge in [-0.25, -0.2) is 9.78 Å². The lowest BCUT2D eigenvalue weighted by molar-refractivity contribution is 0.0696. The van der Waals surface area contributed by atoms with Crippen molar-refractivity contribution in [3.63, 3.8) is 0 Å². The molecule has 0 atom stereocenters. The van der Waals surface area contributed by atoms with Gasteiger partial charge in [0.15, 0.2) is 0 Å². The molecule has 0 fully saturated rings. The molecule has 19 heavy (non-hydrogen) atoms. The zero-order valence-electron chi connectivity index (χ0n) is 10.2. The number of oxazole rings is 1. The molecule has 0 aliphatic heterocycles. The first-order valence-electron chi connectivity index (χ1n) is 5.59. The minimum atomic E-state index is -1.03. The number of aromatic nitrogens is 1. The van der Waals surface area contributed by atoms with Crippen LogP contribution in [0.5, 0.6) is 0 Å². The van der Waals surface area contributed by atoms with Crippen LogP contribution in [0.2, 0.25) is 0 Å². The highest BCUT2D eigenvalue weighted by Crippen LogP contribution is 2.05. The summed E-state index contributed by atoms with van der Waals surface area (Å²) in [7, 11) is 0. The zero-order chi connectivity index (χ0) is 13.8. The van der Waals surface area contributed by atoms with Crippen molar-refractivity contribution in [1.29, 1.82) is 0 Å². The predicted molar refractivity (Wildman–Crippen MR) is 65.8 cm³/mol. The number of hydrogen-bond acceptors (Lipinski definition) is 4. The third-order valence-electron chi connectivity index (χ3n) is 2.46. The molecule has 0 saturated carbocycles. The second-order valence-corrected chi connectivity index (χ2v) is 3.93. The Bertz CT molecular complexity index is 601. The van der Waals surface area contributed by atoms with E-state index >= 15 is 0 Å². The molecule has 1 amide bonds. The van der Waals surface area contributed by atoms with Gasteiger partial charge in [-0.15, -0.1) is 0 Å². The van der Waals surface area contributed by atoms with Crippen LogP contribution in [0.25, 0.3) is 0 Å². The van der Waals surface area contributed by atoms with Gasteiger partial charge in [-0.2, -0.15) is 0 Å². The van der Waals surface area contributed by atoms with E-state index < -0.39 is 5.97 Å². The third kappa shape index (κ3) is 3.19. The van der Waals surface area contributed by atoms with Gasteiger partial charge in [-0.05, 0) is 31.2 Å². The monoisotopic (exact) mass is 260 g/mol. The van der Waals surface area contributed by atoms with Crippen LogP contribution in [0.15, 0.2) is 34.9 Å². The zero-order valence-corrected chi connectivity index (χ0v) is 10.2. The van der Waals surface area contributed by atoms with Gasteiger partial charge in [0.2, 0.25) is 5.89 Å². The van der Waals surface area contributed by atoms with Gasteiger partial charge in [-0.3, -0.25) is 4.79 Å². The summed E-state index contributed by atoms with van der Waals surface area (Å²) in [4.78, 5) is 26.4. The number of carbonyl (C=O) groups is 2. The van der Waals surface area contributed by atoms with Gasteiger partial charge in [0.25, 0.3) is 5.91 Å². The van der Waals surface area contributed by atoms with Crippen LogP contribution in [-0.4, -0.2) is 22.0 Å². The summed E-state index contributed by atoms with van der Waals surface area (Å²) >= 11 is 0. The lowest BCUT2D eigenvalue weighted by Gasteiger charge is -2.03. The molecule has 0 saturated heterocycles. The molecule has 1 heterocycles. The standard InChI is InChI=1S/C13H12N2O4/c1-8-6-14-11(19-8)7-15-12(16)9-2-4-10(5-3-9)13(17)18/h2-6H,7H2,1H3,(H,15,16)(H,17,18). The summed E-state index contributed by atoms with van der Waals surface area (Å²) in [5.41, 5.74) is 0.521. The fraction of sp³-hybridized carbons (Fsp3) is 0.154. The van der Waals surface area contributed by atoms with Gasteiger partial charge in [0.1, 0.15) is 5.76 Å². The van der Waals surface area contributed by atoms with E-state index in [9.17, 15) is 9.59 Å². The maximum Gasteiger partial charge on any atom is 0.335 e. The average molecular weight is 260 g/mol. The number of carboxylic acid groups (broad SMARTS) is 1. The van der Waals surface area contributed by atoms with Crippen molar-refractivity contribution in [3.8, 4) is 0 Å². The summed E-state index contributed by atoms with van der Waals surface area (Å²) in [6.07, 6.45) is 1.57. The predicted octanol–water partition coefficient (Wildman–Crippen LogP) is 1.61. The van der Waals surface area contributed by atoms with E-state index in [2.05, 4.69) is 10.3 Å². The third-order valence-corrected chi connectivity index (χ3v) is 2.46. The molecule has 6 nitrogen and oxygen atoms in total. The van der Waals surface area contributed by atoms with E-state index in [1.54, 1.807) is 13.1 Å².